The van der Waals surface area contributed by atoms with Crippen LogP contribution in [0.1, 0.15) is 39.0 Å². The highest BCUT2D eigenvalue weighted by Crippen LogP contribution is 2.17. The molecule has 0 aromatic rings. The van der Waals surface area contributed by atoms with Gasteiger partial charge in [0, 0.05) is 18.6 Å². The minimum atomic E-state index is -0.364. The molecule has 1 aliphatic carbocycles. The normalized spacial score (nSPS) is 28.3. The summed E-state index contributed by atoms with van der Waals surface area (Å²) in [7, 11) is 0. The summed E-state index contributed by atoms with van der Waals surface area (Å²) >= 11 is 0. The second-order valence-electron chi connectivity index (χ2n) is 6.17. The van der Waals surface area contributed by atoms with Crippen LogP contribution < -0.4 is 16.4 Å². The van der Waals surface area contributed by atoms with Crippen molar-refractivity contribution < 1.29 is 9.59 Å². The zero-order chi connectivity index (χ0) is 14.5. The lowest BCUT2D eigenvalue weighted by atomic mass is 9.94. The zero-order valence-corrected chi connectivity index (χ0v) is 12.2. The molecule has 1 saturated heterocycles. The van der Waals surface area contributed by atoms with Crippen LogP contribution in [0.4, 0.5) is 4.79 Å². The van der Waals surface area contributed by atoms with Gasteiger partial charge in [-0.3, -0.25) is 15.0 Å². The monoisotopic (exact) mass is 282 g/mol. The summed E-state index contributed by atoms with van der Waals surface area (Å²) in [5.41, 5.74) is 6.00. The Hall–Kier alpha value is -1.14. The van der Waals surface area contributed by atoms with Gasteiger partial charge in [0.1, 0.15) is 0 Å². The summed E-state index contributed by atoms with van der Waals surface area (Å²) in [6.07, 6.45) is 5.34. The fraction of sp³-hybridized carbons (Fsp3) is 0.857. The third kappa shape index (κ3) is 4.45. The van der Waals surface area contributed by atoms with Crippen molar-refractivity contribution in [3.8, 4) is 0 Å². The van der Waals surface area contributed by atoms with Crippen LogP contribution in [0.2, 0.25) is 0 Å². The molecule has 1 saturated carbocycles. The lowest BCUT2D eigenvalue weighted by Gasteiger charge is -2.34. The van der Waals surface area contributed by atoms with E-state index in [0.717, 1.165) is 45.2 Å². The molecular weight excluding hydrogens is 256 g/mol. The van der Waals surface area contributed by atoms with Crippen LogP contribution in [-0.4, -0.2) is 48.6 Å². The average molecular weight is 282 g/mol. The molecular formula is C14H26N4O2. The van der Waals surface area contributed by atoms with Gasteiger partial charge >= 0.3 is 6.03 Å². The molecule has 0 spiro atoms. The van der Waals surface area contributed by atoms with E-state index in [1.54, 1.807) is 0 Å². The number of amides is 3. The molecule has 0 radical (unpaired) electrons. The van der Waals surface area contributed by atoms with E-state index in [1.807, 2.05) is 4.90 Å². The molecule has 4 N–H and O–H groups in total. The van der Waals surface area contributed by atoms with Crippen LogP contribution in [0.5, 0.6) is 0 Å². The molecule has 20 heavy (non-hydrogen) atoms. The minimum absolute atomic E-state index is 0.115. The number of nitrogens with one attached hydrogen (secondary N) is 2. The van der Waals surface area contributed by atoms with Crippen molar-refractivity contribution in [2.24, 2.45) is 11.7 Å². The Morgan fingerprint density at radius 3 is 2.60 bits per heavy atom. The number of likely N-dealkylation sites (tertiary alicyclic amines) is 1. The van der Waals surface area contributed by atoms with E-state index in [9.17, 15) is 9.59 Å². The number of hydrogen-bond donors (Lipinski definition) is 3. The maximum Gasteiger partial charge on any atom is 0.321 e. The Morgan fingerprint density at radius 2 is 1.95 bits per heavy atom. The van der Waals surface area contributed by atoms with E-state index in [2.05, 4.69) is 17.6 Å². The van der Waals surface area contributed by atoms with Crippen molar-refractivity contribution in [3.63, 3.8) is 0 Å². The summed E-state index contributed by atoms with van der Waals surface area (Å²) < 4.78 is 0. The summed E-state index contributed by atoms with van der Waals surface area (Å²) in [5.74, 6) is 0.252. The molecule has 0 bridgehead atoms. The fourth-order valence-electron chi connectivity index (χ4n) is 2.97. The first-order chi connectivity index (χ1) is 9.54. The zero-order valence-electron chi connectivity index (χ0n) is 12.2. The van der Waals surface area contributed by atoms with Gasteiger partial charge in [-0.05, 0) is 31.7 Å². The highest BCUT2D eigenvalue weighted by Gasteiger charge is 2.25. The molecule has 6 nitrogen and oxygen atoms in total. The number of hydrogen-bond acceptors (Lipinski definition) is 4. The van der Waals surface area contributed by atoms with E-state index < -0.39 is 0 Å². The molecule has 0 aromatic carbocycles. The first kappa shape index (κ1) is 15.3. The van der Waals surface area contributed by atoms with Crippen molar-refractivity contribution in [2.45, 2.75) is 51.1 Å². The minimum Gasteiger partial charge on any atom is -0.335 e. The lowest BCUT2D eigenvalue weighted by Crippen LogP contribution is -2.52. The molecule has 114 valence electrons. The predicted octanol–water partition coefficient (Wildman–Crippen LogP) is 0.424. The fourth-order valence-corrected chi connectivity index (χ4v) is 2.97. The topological polar surface area (TPSA) is 87.5 Å². The van der Waals surface area contributed by atoms with Crippen molar-refractivity contribution >= 4 is 11.9 Å². The summed E-state index contributed by atoms with van der Waals surface area (Å²) in [6.45, 7) is 3.97. The van der Waals surface area contributed by atoms with Crippen molar-refractivity contribution in [2.75, 3.05) is 19.6 Å². The standard InChI is InChI=1S/C14H26N4O2/c1-10-6-7-18(8-12(10)15)9-13(19)17-14(20)16-11-4-2-3-5-11/h10-12H,2-9,15H2,1H3,(H2,16,17,19,20). The van der Waals surface area contributed by atoms with Crippen molar-refractivity contribution in [1.29, 1.82) is 0 Å². The molecule has 2 aliphatic rings. The molecule has 2 rings (SSSR count). The molecule has 0 aromatic heterocycles. The third-order valence-electron chi connectivity index (χ3n) is 4.41. The first-order valence-electron chi connectivity index (χ1n) is 7.63. The molecule has 2 fully saturated rings. The lowest BCUT2D eigenvalue weighted by molar-refractivity contribution is -0.121. The summed E-state index contributed by atoms with van der Waals surface area (Å²) in [5, 5.41) is 5.26. The number of nitrogens with two attached hydrogens (primary N) is 1. The number of carbonyl (C=O) groups excluding carboxylic acids is 2. The molecule has 2 atom stereocenters. The van der Waals surface area contributed by atoms with E-state index in [-0.39, 0.29) is 30.6 Å². The second-order valence-corrected chi connectivity index (χ2v) is 6.17. The highest BCUT2D eigenvalue weighted by molar-refractivity contribution is 5.95. The van der Waals surface area contributed by atoms with E-state index in [0.29, 0.717) is 5.92 Å². The number of nitrogens with zero attached hydrogens (tertiary/aromatic N) is 1. The van der Waals surface area contributed by atoms with Crippen LogP contribution in [0, 0.1) is 5.92 Å². The van der Waals surface area contributed by atoms with Crippen molar-refractivity contribution in [3.05, 3.63) is 0 Å². The van der Waals surface area contributed by atoms with E-state index in [1.165, 1.54) is 0 Å². The maximum atomic E-state index is 11.8. The van der Waals surface area contributed by atoms with Gasteiger partial charge in [0.25, 0.3) is 0 Å². The number of piperidine rings is 1. The molecule has 6 heteroatoms. The van der Waals surface area contributed by atoms with Gasteiger partial charge < -0.3 is 11.1 Å². The highest BCUT2D eigenvalue weighted by atomic mass is 16.2. The summed E-state index contributed by atoms with van der Waals surface area (Å²) in [6, 6.07) is -0.0208. The number of rotatable bonds is 3. The van der Waals surface area contributed by atoms with Gasteiger partial charge in [0.05, 0.1) is 6.54 Å². The van der Waals surface area contributed by atoms with Crippen LogP contribution in [-0.2, 0) is 4.79 Å². The van der Waals surface area contributed by atoms with Crippen LogP contribution in [0.15, 0.2) is 0 Å². The van der Waals surface area contributed by atoms with E-state index >= 15 is 0 Å². The maximum absolute atomic E-state index is 11.8. The third-order valence-corrected chi connectivity index (χ3v) is 4.41. The molecule has 1 aliphatic heterocycles. The Kier molecular flexibility index (Phi) is 5.37. The first-order valence-corrected chi connectivity index (χ1v) is 7.63. The molecule has 3 amide bonds. The average Bonchev–Trinajstić information content (AvgIpc) is 2.86. The number of carbonyl (C=O) groups is 2. The Morgan fingerprint density at radius 1 is 1.25 bits per heavy atom. The Labute approximate surface area is 120 Å². The van der Waals surface area contributed by atoms with Gasteiger partial charge in [-0.25, -0.2) is 4.79 Å². The Bertz CT molecular complexity index is 355. The molecule has 1 heterocycles. The van der Waals surface area contributed by atoms with Gasteiger partial charge in [-0.15, -0.1) is 0 Å². The SMILES string of the molecule is CC1CCN(CC(=O)NC(=O)NC2CCCC2)CC1N. The van der Waals surface area contributed by atoms with Crippen molar-refractivity contribution in [1.82, 2.24) is 15.5 Å². The smallest absolute Gasteiger partial charge is 0.321 e. The van der Waals surface area contributed by atoms with Gasteiger partial charge in [-0.1, -0.05) is 19.8 Å². The van der Waals surface area contributed by atoms with Crippen LogP contribution >= 0.6 is 0 Å². The second kappa shape index (κ2) is 7.04. The number of imide groups is 1. The largest absolute Gasteiger partial charge is 0.335 e. The van der Waals surface area contributed by atoms with E-state index in [4.69, 9.17) is 5.73 Å². The molecule has 2 unspecified atom stereocenters. The quantitative estimate of drug-likeness (QED) is 0.700. The summed E-state index contributed by atoms with van der Waals surface area (Å²) in [4.78, 5) is 25.5. The van der Waals surface area contributed by atoms with Gasteiger partial charge in [0.2, 0.25) is 5.91 Å². The van der Waals surface area contributed by atoms with Crippen LogP contribution in [0.25, 0.3) is 0 Å². The Balaban J connectivity index is 1.68. The predicted molar refractivity (Wildman–Crippen MR) is 77.1 cm³/mol. The van der Waals surface area contributed by atoms with Gasteiger partial charge in [-0.2, -0.15) is 0 Å². The number of urea groups is 1. The van der Waals surface area contributed by atoms with Gasteiger partial charge in [0.15, 0.2) is 0 Å². The van der Waals surface area contributed by atoms with Crippen LogP contribution in [0.3, 0.4) is 0 Å².